The number of hydrazone groups is 1. The van der Waals surface area contributed by atoms with E-state index in [1.807, 2.05) is 35.8 Å². The van der Waals surface area contributed by atoms with Crippen LogP contribution in [0.5, 0.6) is 5.75 Å². The average molecular weight is 486 g/mol. The minimum absolute atomic E-state index is 0.131. The Hall–Kier alpha value is -2.91. The molecular weight excluding hydrogens is 466 g/mol. The zero-order chi connectivity index (χ0) is 21.5. The van der Waals surface area contributed by atoms with Gasteiger partial charge in [0.2, 0.25) is 0 Å². The van der Waals surface area contributed by atoms with Crippen molar-refractivity contribution in [1.29, 1.82) is 0 Å². The van der Waals surface area contributed by atoms with Crippen LogP contribution in [0.4, 0.5) is 0 Å². The number of benzene rings is 2. The van der Waals surface area contributed by atoms with Gasteiger partial charge in [-0.2, -0.15) is 5.10 Å². The molecule has 0 fully saturated rings. The number of halogens is 1. The molecule has 0 saturated carbocycles. The highest BCUT2D eigenvalue weighted by Gasteiger charge is 2.15. The van der Waals surface area contributed by atoms with E-state index < -0.39 is 0 Å². The fourth-order valence-corrected chi connectivity index (χ4v) is 3.56. The van der Waals surface area contributed by atoms with Crippen LogP contribution < -0.4 is 5.43 Å². The smallest absolute Gasteiger partial charge is 0.250 e. The largest absolute Gasteiger partial charge is 0.508 e. The summed E-state index contributed by atoms with van der Waals surface area (Å²) < 4.78 is 2.93. The minimum Gasteiger partial charge on any atom is -0.508 e. The number of hydrogen-bond donors (Lipinski definition) is 2. The van der Waals surface area contributed by atoms with Crippen LogP contribution in [0.25, 0.3) is 11.4 Å². The van der Waals surface area contributed by atoms with Gasteiger partial charge in [0.15, 0.2) is 11.0 Å². The van der Waals surface area contributed by atoms with Crippen molar-refractivity contribution >= 4 is 39.8 Å². The van der Waals surface area contributed by atoms with Gasteiger partial charge < -0.3 is 5.11 Å². The number of carbonyl (C=O) groups is 1. The molecule has 0 radical (unpaired) electrons. The Morgan fingerprint density at radius 1 is 1.30 bits per heavy atom. The van der Waals surface area contributed by atoms with Gasteiger partial charge in [-0.15, -0.1) is 10.2 Å². The van der Waals surface area contributed by atoms with Crippen LogP contribution in [0.3, 0.4) is 0 Å². The number of nitrogens with one attached hydrogen (secondary N) is 1. The van der Waals surface area contributed by atoms with E-state index >= 15 is 0 Å². The second-order valence-corrected chi connectivity index (χ2v) is 8.39. The Labute approximate surface area is 187 Å². The number of rotatable bonds is 8. The maximum Gasteiger partial charge on any atom is 0.250 e. The predicted octanol–water partition coefficient (Wildman–Crippen LogP) is 4.23. The van der Waals surface area contributed by atoms with Crippen LogP contribution >= 0.6 is 27.7 Å². The van der Waals surface area contributed by atoms with Crippen molar-refractivity contribution in [3.05, 3.63) is 70.7 Å². The van der Waals surface area contributed by atoms with E-state index in [0.717, 1.165) is 21.4 Å². The SMILES string of the molecule is C=C(C)Cn1c(SCC(=O)N/N=C\c2cccc(O)c2)nnc1-c1ccc(Br)cc1. The number of aromatic nitrogens is 3. The first-order valence-electron chi connectivity index (χ1n) is 8.99. The minimum atomic E-state index is -0.272. The maximum atomic E-state index is 12.1. The summed E-state index contributed by atoms with van der Waals surface area (Å²) in [6.45, 7) is 6.47. The number of nitrogens with zero attached hydrogens (tertiary/aromatic N) is 4. The van der Waals surface area contributed by atoms with Gasteiger partial charge in [0.1, 0.15) is 5.75 Å². The summed E-state index contributed by atoms with van der Waals surface area (Å²) >= 11 is 4.71. The van der Waals surface area contributed by atoms with E-state index in [0.29, 0.717) is 17.3 Å². The average Bonchev–Trinajstić information content (AvgIpc) is 3.09. The lowest BCUT2D eigenvalue weighted by molar-refractivity contribution is -0.118. The second-order valence-electron chi connectivity index (χ2n) is 6.53. The molecule has 1 amide bonds. The van der Waals surface area contributed by atoms with Crippen LogP contribution in [0, 0.1) is 0 Å². The lowest BCUT2D eigenvalue weighted by atomic mass is 10.2. The maximum absolute atomic E-state index is 12.1. The summed E-state index contributed by atoms with van der Waals surface area (Å²) in [7, 11) is 0. The number of amides is 1. The van der Waals surface area contributed by atoms with Gasteiger partial charge in [0.05, 0.1) is 12.0 Å². The van der Waals surface area contributed by atoms with E-state index in [-0.39, 0.29) is 17.4 Å². The molecule has 0 aliphatic rings. The molecule has 1 aromatic heterocycles. The molecule has 30 heavy (non-hydrogen) atoms. The molecule has 0 unspecified atom stereocenters. The molecule has 0 saturated heterocycles. The Morgan fingerprint density at radius 3 is 2.77 bits per heavy atom. The molecule has 1 heterocycles. The van der Waals surface area contributed by atoms with E-state index in [1.54, 1.807) is 24.3 Å². The van der Waals surface area contributed by atoms with E-state index in [9.17, 15) is 9.90 Å². The highest BCUT2D eigenvalue weighted by Crippen LogP contribution is 2.26. The third-order valence-corrected chi connectivity index (χ3v) is 5.35. The first-order valence-corrected chi connectivity index (χ1v) is 10.8. The van der Waals surface area contributed by atoms with Gasteiger partial charge in [0.25, 0.3) is 5.91 Å². The van der Waals surface area contributed by atoms with Gasteiger partial charge in [0, 0.05) is 16.6 Å². The quantitative estimate of drug-likeness (QED) is 0.215. The summed E-state index contributed by atoms with van der Waals surface area (Å²) in [5.74, 6) is 0.715. The number of phenolic OH excluding ortho intramolecular Hbond substituents is 1. The van der Waals surface area contributed by atoms with Crippen LogP contribution in [-0.2, 0) is 11.3 Å². The van der Waals surface area contributed by atoms with Crippen LogP contribution in [0.15, 0.2) is 75.4 Å². The topological polar surface area (TPSA) is 92.4 Å². The summed E-state index contributed by atoms with van der Waals surface area (Å²) in [6.07, 6.45) is 1.47. The molecule has 3 rings (SSSR count). The van der Waals surface area contributed by atoms with Crippen molar-refractivity contribution in [2.75, 3.05) is 5.75 Å². The number of carbonyl (C=O) groups excluding carboxylic acids is 1. The molecule has 154 valence electrons. The first-order chi connectivity index (χ1) is 14.4. The lowest BCUT2D eigenvalue weighted by Crippen LogP contribution is -2.20. The van der Waals surface area contributed by atoms with Gasteiger partial charge in [-0.1, -0.05) is 64.1 Å². The summed E-state index contributed by atoms with van der Waals surface area (Å²) in [5.41, 5.74) is 5.04. The van der Waals surface area contributed by atoms with E-state index in [4.69, 9.17) is 0 Å². The molecule has 9 heteroatoms. The number of aromatic hydroxyl groups is 1. The summed E-state index contributed by atoms with van der Waals surface area (Å²) in [5, 5.41) is 22.5. The van der Waals surface area contributed by atoms with Crippen molar-refractivity contribution in [2.45, 2.75) is 18.6 Å². The van der Waals surface area contributed by atoms with E-state index in [2.05, 4.69) is 43.2 Å². The zero-order valence-corrected chi connectivity index (χ0v) is 18.7. The second kappa shape index (κ2) is 10.2. The van der Waals surface area contributed by atoms with Crippen molar-refractivity contribution in [3.63, 3.8) is 0 Å². The lowest BCUT2D eigenvalue weighted by Gasteiger charge is -2.10. The Morgan fingerprint density at radius 2 is 2.07 bits per heavy atom. The molecule has 2 aromatic carbocycles. The van der Waals surface area contributed by atoms with Crippen molar-refractivity contribution in [1.82, 2.24) is 20.2 Å². The number of allylic oxidation sites excluding steroid dienone is 1. The van der Waals surface area contributed by atoms with Gasteiger partial charge in [-0.3, -0.25) is 9.36 Å². The molecule has 0 spiro atoms. The highest BCUT2D eigenvalue weighted by molar-refractivity contribution is 9.10. The molecule has 0 atom stereocenters. The van der Waals surface area contributed by atoms with Crippen LogP contribution in [0.2, 0.25) is 0 Å². The number of thioether (sulfide) groups is 1. The molecular formula is C21H20BrN5O2S. The summed E-state index contributed by atoms with van der Waals surface area (Å²) in [4.78, 5) is 12.1. The first kappa shape index (κ1) is 21.8. The van der Waals surface area contributed by atoms with Gasteiger partial charge >= 0.3 is 0 Å². The zero-order valence-electron chi connectivity index (χ0n) is 16.2. The molecule has 3 aromatic rings. The third-order valence-electron chi connectivity index (χ3n) is 3.85. The highest BCUT2D eigenvalue weighted by atomic mass is 79.9. The Bertz CT molecular complexity index is 1080. The Kier molecular flexibility index (Phi) is 7.42. The number of phenols is 1. The van der Waals surface area contributed by atoms with Crippen molar-refractivity contribution in [2.24, 2.45) is 5.10 Å². The van der Waals surface area contributed by atoms with Gasteiger partial charge in [-0.25, -0.2) is 5.43 Å². The standard InChI is InChI=1S/C21H20BrN5O2S/c1-14(2)12-27-20(16-6-8-17(22)9-7-16)25-26-21(27)30-13-19(29)24-23-11-15-4-3-5-18(28)10-15/h3-11,28H,1,12-13H2,2H3,(H,24,29)/b23-11-. The van der Waals surface area contributed by atoms with Crippen molar-refractivity contribution in [3.8, 4) is 17.1 Å². The molecule has 0 bridgehead atoms. The Balaban J connectivity index is 1.66. The predicted molar refractivity (Wildman–Crippen MR) is 123 cm³/mol. The van der Waals surface area contributed by atoms with Crippen LogP contribution in [0.1, 0.15) is 12.5 Å². The van der Waals surface area contributed by atoms with Crippen molar-refractivity contribution < 1.29 is 9.90 Å². The number of hydrogen-bond acceptors (Lipinski definition) is 6. The fourth-order valence-electron chi connectivity index (χ4n) is 2.57. The summed E-state index contributed by atoms with van der Waals surface area (Å²) in [6, 6.07) is 14.4. The van der Waals surface area contributed by atoms with E-state index in [1.165, 1.54) is 18.0 Å². The molecule has 0 aliphatic heterocycles. The normalized spacial score (nSPS) is 11.0. The van der Waals surface area contributed by atoms with Gasteiger partial charge in [-0.05, 0) is 36.8 Å². The third kappa shape index (κ3) is 6.04. The fraction of sp³-hybridized carbons (Fsp3) is 0.143. The monoisotopic (exact) mass is 485 g/mol. The van der Waals surface area contributed by atoms with Crippen LogP contribution in [-0.4, -0.2) is 37.7 Å². The molecule has 2 N–H and O–H groups in total. The molecule has 7 nitrogen and oxygen atoms in total. The molecule has 0 aliphatic carbocycles.